The quantitative estimate of drug-likeness (QED) is 0.450. The van der Waals surface area contributed by atoms with Crippen LogP contribution >= 0.6 is 0 Å². The summed E-state index contributed by atoms with van der Waals surface area (Å²) < 4.78 is 0. The van der Waals surface area contributed by atoms with Crippen LogP contribution in [0, 0.1) is 0 Å². The summed E-state index contributed by atoms with van der Waals surface area (Å²) in [6, 6.07) is -0.816. The van der Waals surface area contributed by atoms with Gasteiger partial charge in [-0.2, -0.15) is 4.90 Å². The molecule has 0 fully saturated rings. The molecule has 0 radical (unpaired) electrons. The van der Waals surface area contributed by atoms with Crippen molar-refractivity contribution in [2.75, 3.05) is 35.2 Å². The van der Waals surface area contributed by atoms with Crippen LogP contribution < -0.4 is 15.8 Å². The topological polar surface area (TPSA) is 69.1 Å². The first kappa shape index (κ1) is 12.8. The molecule has 0 saturated heterocycles. The summed E-state index contributed by atoms with van der Waals surface area (Å²) in [5.74, 6) is 0. The maximum atomic E-state index is 11.3. The molecular weight excluding hydrogens is 186 g/mol. The summed E-state index contributed by atoms with van der Waals surface area (Å²) in [6.07, 6.45) is 0. The van der Waals surface area contributed by atoms with Gasteiger partial charge in [0.2, 0.25) is 0 Å². The number of rotatable bonds is 2. The third kappa shape index (κ3) is 4.75. The second-order valence-electron chi connectivity index (χ2n) is 3.30. The zero-order valence-corrected chi connectivity index (χ0v) is 9.21. The number of carbonyl (C=O) groups is 2. The molecule has 0 heterocycles. The van der Waals surface area contributed by atoms with Crippen molar-refractivity contribution in [3.05, 3.63) is 0 Å². The maximum absolute atomic E-state index is 11.3. The molecule has 7 heteroatoms. The Bertz CT molecular complexity index is 194. The number of imide groups is 1. The van der Waals surface area contributed by atoms with Gasteiger partial charge in [0.05, 0.1) is 7.05 Å². The Morgan fingerprint density at radius 3 is 1.43 bits per heavy atom. The number of carbonyl (C=O) groups excluding carboxylic acids is 2. The molecule has 0 atom stereocenters. The number of urea groups is 2. The smallest absolute Gasteiger partial charge is 0.237 e. The average Bonchev–Trinajstić information content (AvgIpc) is 2.00. The van der Waals surface area contributed by atoms with Gasteiger partial charge in [0.1, 0.15) is 0 Å². The first-order valence-electron chi connectivity index (χ1n) is 4.14. The largest absolute Gasteiger partial charge is 0.438 e. The molecule has 4 amide bonds. The van der Waals surface area contributed by atoms with Gasteiger partial charge in [0.15, 0.2) is 0 Å². The van der Waals surface area contributed by atoms with E-state index < -0.39 is 12.1 Å². The van der Waals surface area contributed by atoms with Crippen LogP contribution in [0.1, 0.15) is 0 Å². The highest BCUT2D eigenvalue weighted by Gasteiger charge is 2.23. The van der Waals surface area contributed by atoms with Gasteiger partial charge in [0, 0.05) is 28.2 Å². The first-order chi connectivity index (χ1) is 6.34. The lowest BCUT2D eigenvalue weighted by Crippen LogP contribution is -3.17. The van der Waals surface area contributed by atoms with Gasteiger partial charge < -0.3 is 0 Å². The lowest BCUT2D eigenvalue weighted by atomic mass is 10.7. The van der Waals surface area contributed by atoms with Crippen molar-refractivity contribution < 1.29 is 14.5 Å². The molecule has 0 unspecified atom stereocenters. The van der Waals surface area contributed by atoms with Gasteiger partial charge in [0.25, 0.3) is 0 Å². The summed E-state index contributed by atoms with van der Waals surface area (Å²) in [5.41, 5.74) is 4.95. The standard InChI is InChI=1S/C7H17N5O2/c1-10(2)8-6(13)12(5)7(14)9-11(3)4/h1-5H3,(H,8,13)(H,9,14)/p+1. The Hall–Kier alpha value is -1.18. The molecule has 0 aromatic heterocycles. The zero-order valence-electron chi connectivity index (χ0n) is 9.21. The highest BCUT2D eigenvalue weighted by Crippen LogP contribution is 1.65. The van der Waals surface area contributed by atoms with Gasteiger partial charge in [-0.25, -0.2) is 30.5 Å². The summed E-state index contributed by atoms with van der Waals surface area (Å²) in [5, 5.41) is 2.96. The fourth-order valence-electron chi connectivity index (χ4n) is 0.677. The molecule has 14 heavy (non-hydrogen) atoms. The van der Waals surface area contributed by atoms with Crippen molar-refractivity contribution >= 4 is 12.1 Å². The number of nitrogens with one attached hydrogen (secondary N) is 3. The molecule has 0 rings (SSSR count). The van der Waals surface area contributed by atoms with Crippen LogP contribution in [0.3, 0.4) is 0 Å². The van der Waals surface area contributed by atoms with Crippen LogP contribution in [0.25, 0.3) is 0 Å². The van der Waals surface area contributed by atoms with Crippen molar-refractivity contribution in [3.8, 4) is 0 Å². The van der Waals surface area contributed by atoms with Crippen LogP contribution in [0.15, 0.2) is 0 Å². The Morgan fingerprint density at radius 2 is 1.21 bits per heavy atom. The van der Waals surface area contributed by atoms with Crippen LogP contribution in [-0.2, 0) is 0 Å². The zero-order chi connectivity index (χ0) is 11.3. The van der Waals surface area contributed by atoms with E-state index in [0.29, 0.717) is 0 Å². The predicted molar refractivity (Wildman–Crippen MR) is 51.3 cm³/mol. The minimum absolute atomic E-state index is 0.118. The van der Waals surface area contributed by atoms with Crippen LogP contribution in [0.4, 0.5) is 9.59 Å². The van der Waals surface area contributed by atoms with Crippen molar-refractivity contribution in [1.29, 1.82) is 0 Å². The Labute approximate surface area is 83.6 Å². The lowest BCUT2D eigenvalue weighted by Gasteiger charge is -2.16. The summed E-state index contributed by atoms with van der Waals surface area (Å²) in [4.78, 5) is 22.7. The molecular formula is C7H18N5O2+. The Balaban J connectivity index is 4.11. The van der Waals surface area contributed by atoms with Gasteiger partial charge >= 0.3 is 12.1 Å². The van der Waals surface area contributed by atoms with E-state index in [-0.39, 0.29) is 4.90 Å². The fourth-order valence-corrected chi connectivity index (χ4v) is 0.677. The Kier molecular flexibility index (Phi) is 5.06. The van der Waals surface area contributed by atoms with Crippen molar-refractivity contribution in [1.82, 2.24) is 20.9 Å². The maximum Gasteiger partial charge on any atom is 0.438 e. The molecule has 0 aromatic rings. The minimum Gasteiger partial charge on any atom is -0.237 e. The second-order valence-corrected chi connectivity index (χ2v) is 3.30. The van der Waals surface area contributed by atoms with Crippen LogP contribution in [0.2, 0.25) is 0 Å². The average molecular weight is 204 g/mol. The third-order valence-corrected chi connectivity index (χ3v) is 1.33. The fraction of sp³-hybridized carbons (Fsp3) is 0.714. The lowest BCUT2D eigenvalue weighted by molar-refractivity contribution is -0.703. The van der Waals surface area contributed by atoms with E-state index in [1.165, 1.54) is 17.1 Å². The monoisotopic (exact) mass is 204 g/mol. The van der Waals surface area contributed by atoms with Crippen molar-refractivity contribution in [2.45, 2.75) is 0 Å². The van der Waals surface area contributed by atoms with E-state index in [1.807, 2.05) is 0 Å². The van der Waals surface area contributed by atoms with Crippen molar-refractivity contribution in [2.24, 2.45) is 0 Å². The number of quaternary nitrogens is 1. The molecule has 0 spiro atoms. The number of hydrazine groups is 2. The SMILES string of the molecule is CN(C)NC(=O)[NH+](C)C(=O)NN(C)C. The van der Waals surface area contributed by atoms with Crippen LogP contribution in [-0.4, -0.2) is 57.3 Å². The van der Waals surface area contributed by atoms with Gasteiger partial charge in [-0.15, -0.1) is 0 Å². The van der Waals surface area contributed by atoms with E-state index >= 15 is 0 Å². The molecule has 3 N–H and O–H groups in total. The number of nitrogens with zero attached hydrogens (tertiary/aromatic N) is 2. The molecule has 82 valence electrons. The molecule has 0 saturated carbocycles. The molecule has 0 aliphatic rings. The molecule has 0 bridgehead atoms. The normalized spacial score (nSPS) is 10.9. The highest BCUT2D eigenvalue weighted by atomic mass is 16.2. The van der Waals surface area contributed by atoms with Crippen LogP contribution in [0.5, 0.6) is 0 Å². The molecule has 0 aliphatic heterocycles. The van der Waals surface area contributed by atoms with E-state index in [0.717, 1.165) is 0 Å². The Morgan fingerprint density at radius 1 is 0.929 bits per heavy atom. The van der Waals surface area contributed by atoms with E-state index in [4.69, 9.17) is 0 Å². The number of amides is 4. The summed E-state index contributed by atoms with van der Waals surface area (Å²) >= 11 is 0. The van der Waals surface area contributed by atoms with E-state index in [2.05, 4.69) is 10.9 Å². The summed E-state index contributed by atoms with van der Waals surface area (Å²) in [7, 11) is 8.17. The third-order valence-electron chi connectivity index (χ3n) is 1.33. The minimum atomic E-state index is -0.408. The van der Waals surface area contributed by atoms with E-state index in [9.17, 15) is 9.59 Å². The number of hydrogen-bond acceptors (Lipinski definition) is 4. The van der Waals surface area contributed by atoms with Gasteiger partial charge in [-0.3, -0.25) is 0 Å². The van der Waals surface area contributed by atoms with E-state index in [1.54, 1.807) is 28.2 Å². The highest BCUT2D eigenvalue weighted by molar-refractivity contribution is 5.77. The molecule has 0 aliphatic carbocycles. The summed E-state index contributed by atoms with van der Waals surface area (Å²) in [6.45, 7) is 0. The molecule has 7 nitrogen and oxygen atoms in total. The molecule has 0 aromatic carbocycles. The first-order valence-corrected chi connectivity index (χ1v) is 4.14. The van der Waals surface area contributed by atoms with Gasteiger partial charge in [-0.05, 0) is 0 Å². The van der Waals surface area contributed by atoms with Crippen molar-refractivity contribution in [3.63, 3.8) is 0 Å². The van der Waals surface area contributed by atoms with Gasteiger partial charge in [-0.1, -0.05) is 0 Å². The number of hydrogen-bond donors (Lipinski definition) is 3. The second kappa shape index (κ2) is 5.53. The predicted octanol–water partition coefficient (Wildman–Crippen LogP) is -2.13.